The minimum Gasteiger partial charge on any atom is -0.461 e. The maximum Gasteiger partial charge on any atom is 0.221 e. The molecule has 5 rings (SSSR count). The number of pyridine rings is 1. The van der Waals surface area contributed by atoms with Crippen LogP contribution in [0.2, 0.25) is 5.02 Å². The van der Waals surface area contributed by atoms with E-state index in [0.29, 0.717) is 30.2 Å². The summed E-state index contributed by atoms with van der Waals surface area (Å²) in [6.07, 6.45) is 3.39. The number of furan rings is 2. The normalized spacial score (nSPS) is 16.7. The first-order valence-electron chi connectivity index (χ1n) is 12.5. The summed E-state index contributed by atoms with van der Waals surface area (Å²) in [5, 5.41) is 12.3. The minimum absolute atomic E-state index is 0.295. The van der Waals surface area contributed by atoms with Gasteiger partial charge in [-0.2, -0.15) is 0 Å². The molecule has 37 heavy (non-hydrogen) atoms. The van der Waals surface area contributed by atoms with Crippen molar-refractivity contribution < 1.29 is 18.7 Å². The van der Waals surface area contributed by atoms with Crippen molar-refractivity contribution in [3.63, 3.8) is 0 Å². The number of amides is 1. The Kier molecular flexibility index (Phi) is 7.90. The molecule has 3 N–H and O–H groups in total. The summed E-state index contributed by atoms with van der Waals surface area (Å²) >= 11 is 6.10. The molecule has 3 aromatic heterocycles. The number of carbonyl (C=O) groups excluding carboxylic acids is 1. The third-order valence-electron chi connectivity index (χ3n) is 6.86. The predicted octanol–water partition coefficient (Wildman–Crippen LogP) is 3.95. The summed E-state index contributed by atoms with van der Waals surface area (Å²) in [4.78, 5) is 20.7. The Balaban J connectivity index is 1.09. The molecule has 0 spiro atoms. The number of nitrogens with two attached hydrogens (primary N) is 1. The van der Waals surface area contributed by atoms with Crippen molar-refractivity contribution in [2.45, 2.75) is 25.5 Å². The van der Waals surface area contributed by atoms with Crippen molar-refractivity contribution in [2.75, 3.05) is 32.7 Å². The van der Waals surface area contributed by atoms with Gasteiger partial charge in [0.1, 0.15) is 22.9 Å². The summed E-state index contributed by atoms with van der Waals surface area (Å²) in [5.41, 5.74) is 7.34. The smallest absolute Gasteiger partial charge is 0.221 e. The molecular weight excluding hydrogens is 492 g/mol. The van der Waals surface area contributed by atoms with Gasteiger partial charge in [0.25, 0.3) is 0 Å². The van der Waals surface area contributed by atoms with Crippen molar-refractivity contribution in [1.82, 2.24) is 14.8 Å². The average Bonchev–Trinajstić information content (AvgIpc) is 3.51. The summed E-state index contributed by atoms with van der Waals surface area (Å²) in [5.74, 6) is 1.45. The number of piperazine rings is 1. The van der Waals surface area contributed by atoms with Gasteiger partial charge in [-0.3, -0.25) is 19.6 Å². The number of aromatic nitrogens is 1. The van der Waals surface area contributed by atoms with Crippen LogP contribution < -0.4 is 5.73 Å². The molecule has 1 unspecified atom stereocenters. The summed E-state index contributed by atoms with van der Waals surface area (Å²) < 4.78 is 11.9. The molecule has 1 saturated heterocycles. The first-order valence-corrected chi connectivity index (χ1v) is 12.9. The van der Waals surface area contributed by atoms with Crippen LogP contribution in [0.4, 0.5) is 0 Å². The number of halogens is 1. The first-order chi connectivity index (χ1) is 17.9. The van der Waals surface area contributed by atoms with Crippen LogP contribution in [0.3, 0.4) is 0 Å². The minimum atomic E-state index is -0.652. The Labute approximate surface area is 220 Å². The van der Waals surface area contributed by atoms with Crippen LogP contribution >= 0.6 is 11.6 Å². The van der Waals surface area contributed by atoms with Crippen LogP contribution in [-0.2, 0) is 17.8 Å². The number of carbonyl (C=O) groups is 1. The zero-order valence-corrected chi connectivity index (χ0v) is 21.3. The zero-order valence-electron chi connectivity index (χ0n) is 20.6. The van der Waals surface area contributed by atoms with Gasteiger partial charge in [0.15, 0.2) is 0 Å². The van der Waals surface area contributed by atoms with E-state index in [1.54, 1.807) is 18.5 Å². The zero-order chi connectivity index (χ0) is 25.8. The van der Waals surface area contributed by atoms with Gasteiger partial charge >= 0.3 is 0 Å². The SMILES string of the molecule is NC(=O)[C@H](Cc1cc2cnccc2o1)CC(O)CN1CCN(Cc2ccc(-c3cccc(Cl)c3)o2)CC1. The predicted molar refractivity (Wildman–Crippen MR) is 142 cm³/mol. The molecule has 0 saturated carbocycles. The number of aliphatic hydroxyl groups is 1. The van der Waals surface area contributed by atoms with Gasteiger partial charge in [-0.1, -0.05) is 23.7 Å². The lowest BCUT2D eigenvalue weighted by Gasteiger charge is -2.35. The van der Waals surface area contributed by atoms with Crippen LogP contribution in [0.25, 0.3) is 22.3 Å². The fraction of sp³-hybridized carbons (Fsp3) is 0.357. The largest absolute Gasteiger partial charge is 0.461 e. The van der Waals surface area contributed by atoms with Gasteiger partial charge in [0, 0.05) is 73.4 Å². The van der Waals surface area contributed by atoms with Gasteiger partial charge < -0.3 is 19.7 Å². The van der Waals surface area contributed by atoms with Crippen molar-refractivity contribution in [3.05, 3.63) is 77.5 Å². The molecule has 1 aromatic carbocycles. The molecule has 1 fully saturated rings. The lowest BCUT2D eigenvalue weighted by molar-refractivity contribution is -0.123. The molecule has 4 heterocycles. The van der Waals surface area contributed by atoms with Gasteiger partial charge in [-0.15, -0.1) is 0 Å². The fourth-order valence-corrected chi connectivity index (χ4v) is 5.08. The Morgan fingerprint density at radius 2 is 1.86 bits per heavy atom. The van der Waals surface area contributed by atoms with E-state index in [4.69, 9.17) is 26.2 Å². The van der Waals surface area contributed by atoms with E-state index in [2.05, 4.69) is 14.8 Å². The lowest BCUT2D eigenvalue weighted by atomic mass is 9.95. The highest BCUT2D eigenvalue weighted by atomic mass is 35.5. The Hall–Kier alpha value is -3.17. The monoisotopic (exact) mass is 522 g/mol. The summed E-state index contributed by atoms with van der Waals surface area (Å²) in [7, 11) is 0. The van der Waals surface area contributed by atoms with Crippen LogP contribution in [0.5, 0.6) is 0 Å². The fourth-order valence-electron chi connectivity index (χ4n) is 4.89. The number of benzene rings is 1. The standard InChI is InChI=1S/C28H31ClN4O4/c29-22-3-1-2-19(12-22)26-5-4-24(36-26)18-33-10-8-32(9-11-33)17-23(34)13-20(28(30)35)14-25-15-21-16-31-7-6-27(21)37-25/h1-7,12,15-16,20,23,34H,8-11,13-14,17-18H2,(H2,30,35)/t20-,23?/m0/s1. The Morgan fingerprint density at radius 3 is 2.62 bits per heavy atom. The maximum atomic E-state index is 12.1. The van der Waals surface area contributed by atoms with E-state index < -0.39 is 17.9 Å². The number of nitrogens with zero attached hydrogens (tertiary/aromatic N) is 3. The van der Waals surface area contributed by atoms with Gasteiger partial charge in [0.2, 0.25) is 5.91 Å². The lowest BCUT2D eigenvalue weighted by Crippen LogP contribution is -2.48. The van der Waals surface area contributed by atoms with E-state index in [1.165, 1.54) is 0 Å². The molecule has 4 aromatic rings. The molecule has 1 aliphatic heterocycles. The number of hydrogen-bond donors (Lipinski definition) is 2. The third-order valence-corrected chi connectivity index (χ3v) is 7.09. The van der Waals surface area contributed by atoms with Crippen LogP contribution in [0, 0.1) is 5.92 Å². The van der Waals surface area contributed by atoms with E-state index in [1.807, 2.05) is 42.5 Å². The van der Waals surface area contributed by atoms with Gasteiger partial charge in [-0.05, 0) is 42.8 Å². The second-order valence-electron chi connectivity index (χ2n) is 9.67. The van der Waals surface area contributed by atoms with Crippen LogP contribution in [-0.4, -0.2) is 64.6 Å². The highest BCUT2D eigenvalue weighted by molar-refractivity contribution is 6.30. The molecule has 8 nitrogen and oxygen atoms in total. The molecular formula is C28H31ClN4O4. The van der Waals surface area contributed by atoms with E-state index in [9.17, 15) is 9.90 Å². The molecule has 0 radical (unpaired) electrons. The number of rotatable bonds is 10. The number of fused-ring (bicyclic) bond motifs is 1. The highest BCUT2D eigenvalue weighted by Gasteiger charge is 2.25. The van der Waals surface area contributed by atoms with E-state index in [0.717, 1.165) is 60.8 Å². The Morgan fingerprint density at radius 1 is 1.05 bits per heavy atom. The van der Waals surface area contributed by atoms with Crippen molar-refractivity contribution in [2.24, 2.45) is 11.7 Å². The van der Waals surface area contributed by atoms with Gasteiger partial charge in [-0.25, -0.2) is 0 Å². The molecule has 0 aliphatic carbocycles. The molecule has 9 heteroatoms. The second-order valence-corrected chi connectivity index (χ2v) is 10.1. The number of hydrogen-bond acceptors (Lipinski definition) is 7. The topological polar surface area (TPSA) is 109 Å². The molecule has 1 amide bonds. The summed E-state index contributed by atoms with van der Waals surface area (Å²) in [6.45, 7) is 4.63. The van der Waals surface area contributed by atoms with E-state index in [-0.39, 0.29) is 0 Å². The van der Waals surface area contributed by atoms with Crippen molar-refractivity contribution in [1.29, 1.82) is 0 Å². The number of β-amino-alcohol motifs (C(OH)–C–C–N with tert-alkyl or cyclic N) is 1. The average molecular weight is 523 g/mol. The van der Waals surface area contributed by atoms with Crippen molar-refractivity contribution >= 4 is 28.5 Å². The third kappa shape index (κ3) is 6.59. The quantitative estimate of drug-likeness (QED) is 0.324. The van der Waals surface area contributed by atoms with Gasteiger partial charge in [0.05, 0.1) is 12.6 Å². The molecule has 0 bridgehead atoms. The van der Waals surface area contributed by atoms with Crippen molar-refractivity contribution in [3.8, 4) is 11.3 Å². The summed E-state index contributed by atoms with van der Waals surface area (Å²) in [6, 6.07) is 15.3. The van der Waals surface area contributed by atoms with E-state index >= 15 is 0 Å². The number of primary amides is 1. The number of aliphatic hydroxyl groups excluding tert-OH is 1. The first kappa shape index (κ1) is 25.5. The molecule has 1 aliphatic rings. The maximum absolute atomic E-state index is 12.1. The Bertz CT molecular complexity index is 1310. The highest BCUT2D eigenvalue weighted by Crippen LogP contribution is 2.26. The van der Waals surface area contributed by atoms with Crippen LogP contribution in [0.15, 0.2) is 69.8 Å². The molecule has 194 valence electrons. The second kappa shape index (κ2) is 11.5. The van der Waals surface area contributed by atoms with Crippen LogP contribution in [0.1, 0.15) is 17.9 Å². The molecule has 2 atom stereocenters.